The molecular weight excluding hydrogens is 460 g/mol. The van der Waals surface area contributed by atoms with E-state index in [0.717, 1.165) is 22.0 Å². The zero-order chi connectivity index (χ0) is 14.7. The maximum atomic E-state index is 7.54. The Balaban J connectivity index is 0.00000135. The Morgan fingerprint density at radius 1 is 1.22 bits per heavy atom. The van der Waals surface area contributed by atoms with Gasteiger partial charge in [-0.2, -0.15) is 0 Å². The molecular formula is C20H15IrN2-. The summed E-state index contributed by atoms with van der Waals surface area (Å²) in [5.74, 6) is 1.36. The smallest absolute Gasteiger partial charge is 0.154 e. The third-order valence-electron chi connectivity index (χ3n) is 5.48. The van der Waals surface area contributed by atoms with Gasteiger partial charge in [-0.1, -0.05) is 12.5 Å². The van der Waals surface area contributed by atoms with E-state index in [1.54, 1.807) is 0 Å². The zero-order valence-electron chi connectivity index (χ0n) is 12.6. The fourth-order valence-electron chi connectivity index (χ4n) is 4.57. The van der Waals surface area contributed by atoms with Crippen LogP contribution in [-0.2, 0) is 20.1 Å². The first-order valence-corrected chi connectivity index (χ1v) is 8.00. The van der Waals surface area contributed by atoms with Gasteiger partial charge in [-0.25, -0.2) is 4.85 Å². The predicted octanol–water partition coefficient (Wildman–Crippen LogP) is 5.49. The van der Waals surface area contributed by atoms with Crippen LogP contribution >= 0.6 is 0 Å². The van der Waals surface area contributed by atoms with Crippen LogP contribution in [0.25, 0.3) is 26.5 Å². The first-order valence-electron chi connectivity index (χ1n) is 8.00. The van der Waals surface area contributed by atoms with Gasteiger partial charge in [0.05, 0.1) is 6.57 Å². The zero-order valence-corrected chi connectivity index (χ0v) is 15.0. The summed E-state index contributed by atoms with van der Waals surface area (Å²) in [4.78, 5) is 8.54. The minimum Gasteiger partial charge on any atom is -0.304 e. The molecule has 2 unspecified atom stereocenters. The summed E-state index contributed by atoms with van der Waals surface area (Å²) >= 11 is 0. The molecule has 2 nitrogen and oxygen atoms in total. The number of pyridine rings is 1. The van der Waals surface area contributed by atoms with E-state index < -0.39 is 0 Å². The van der Waals surface area contributed by atoms with Crippen LogP contribution < -0.4 is 0 Å². The largest absolute Gasteiger partial charge is 0.304 e. The summed E-state index contributed by atoms with van der Waals surface area (Å²) in [5.41, 5.74) is 4.68. The first-order chi connectivity index (χ1) is 10.9. The molecule has 2 bridgehead atoms. The molecule has 23 heavy (non-hydrogen) atoms. The number of hydrogen-bond donors (Lipinski definition) is 0. The van der Waals surface area contributed by atoms with Crippen molar-refractivity contribution in [2.24, 2.45) is 0 Å². The summed E-state index contributed by atoms with van der Waals surface area (Å²) < 4.78 is 0. The van der Waals surface area contributed by atoms with Gasteiger partial charge in [0.25, 0.3) is 0 Å². The molecule has 1 radical (unpaired) electrons. The van der Waals surface area contributed by atoms with Crippen LogP contribution in [0.1, 0.15) is 48.6 Å². The van der Waals surface area contributed by atoms with E-state index in [1.807, 2.05) is 18.2 Å². The van der Waals surface area contributed by atoms with E-state index in [2.05, 4.69) is 23.2 Å². The molecule has 1 saturated carbocycles. The van der Waals surface area contributed by atoms with Crippen molar-refractivity contribution < 1.29 is 20.1 Å². The summed E-state index contributed by atoms with van der Waals surface area (Å²) in [7, 11) is 0. The number of aromatic nitrogens is 1. The number of nitrogens with zero attached hydrogens (tertiary/aromatic N) is 2. The molecule has 0 spiro atoms. The molecule has 1 fully saturated rings. The number of hydrogen-bond acceptors (Lipinski definition) is 1. The topological polar surface area (TPSA) is 17.2 Å². The van der Waals surface area contributed by atoms with Crippen molar-refractivity contribution in [2.75, 3.05) is 0 Å². The third-order valence-corrected chi connectivity index (χ3v) is 5.48. The van der Waals surface area contributed by atoms with Gasteiger partial charge in [-0.05, 0) is 53.1 Å². The van der Waals surface area contributed by atoms with E-state index >= 15 is 0 Å². The summed E-state index contributed by atoms with van der Waals surface area (Å²) in [6.45, 7) is 7.54. The molecule has 0 aliphatic heterocycles. The minimum atomic E-state index is 0. The second kappa shape index (κ2) is 5.41. The Bertz CT molecular complexity index is 971. The van der Waals surface area contributed by atoms with Crippen molar-refractivity contribution >= 4 is 27.4 Å². The van der Waals surface area contributed by atoms with Gasteiger partial charge in [-0.3, -0.25) is 0 Å². The van der Waals surface area contributed by atoms with Crippen LogP contribution in [0.2, 0.25) is 0 Å². The minimum absolute atomic E-state index is 0. The van der Waals surface area contributed by atoms with E-state index in [0.29, 0.717) is 11.8 Å². The normalized spacial score (nSPS) is 21.7. The van der Waals surface area contributed by atoms with Gasteiger partial charge < -0.3 is 4.98 Å². The van der Waals surface area contributed by atoms with Gasteiger partial charge in [0.2, 0.25) is 0 Å². The van der Waals surface area contributed by atoms with Crippen molar-refractivity contribution in [2.45, 2.75) is 37.5 Å². The third kappa shape index (κ3) is 1.99. The fraction of sp³-hybridized carbons (Fsp3) is 0.300. The van der Waals surface area contributed by atoms with Gasteiger partial charge in [0, 0.05) is 26.3 Å². The Morgan fingerprint density at radius 2 is 2.09 bits per heavy atom. The Hall–Kier alpha value is -1.75. The Labute approximate surface area is 149 Å². The second-order valence-electron chi connectivity index (χ2n) is 6.55. The fourth-order valence-corrected chi connectivity index (χ4v) is 4.57. The SMILES string of the molecule is [C-]#[N+]c1cc2c3c(cnc2c2[c-]cccc12)C1CCCC3C1.[Ir]. The van der Waals surface area contributed by atoms with Crippen LogP contribution in [0, 0.1) is 12.6 Å². The average molecular weight is 476 g/mol. The van der Waals surface area contributed by atoms with Crippen LogP contribution in [0.4, 0.5) is 5.69 Å². The van der Waals surface area contributed by atoms with Crippen molar-refractivity contribution in [1.29, 1.82) is 0 Å². The molecule has 1 heterocycles. The Morgan fingerprint density at radius 3 is 2.96 bits per heavy atom. The van der Waals surface area contributed by atoms with Crippen LogP contribution in [0.3, 0.4) is 0 Å². The van der Waals surface area contributed by atoms with E-state index in [9.17, 15) is 0 Å². The van der Waals surface area contributed by atoms with Crippen molar-refractivity contribution in [3.8, 4) is 0 Å². The van der Waals surface area contributed by atoms with Crippen LogP contribution in [0.15, 0.2) is 30.5 Å². The van der Waals surface area contributed by atoms with E-state index in [4.69, 9.17) is 11.6 Å². The summed E-state index contributed by atoms with van der Waals surface area (Å²) in [6.07, 6.45) is 7.28. The average Bonchev–Trinajstić information content (AvgIpc) is 2.84. The quantitative estimate of drug-likeness (QED) is 0.310. The van der Waals surface area contributed by atoms with Crippen molar-refractivity contribution in [1.82, 2.24) is 4.98 Å². The molecule has 2 aromatic carbocycles. The van der Waals surface area contributed by atoms with E-state index in [-0.39, 0.29) is 20.1 Å². The maximum absolute atomic E-state index is 7.54. The van der Waals surface area contributed by atoms with Crippen molar-refractivity contribution in [3.05, 3.63) is 59.1 Å². The molecule has 0 N–H and O–H groups in total. The molecule has 1 aromatic heterocycles. The standard InChI is InChI=1S/C20H15N2.Ir/c1-21-18-10-16-19-13-6-4-5-12(9-13)17(19)11-22-20(16)15-8-3-2-7-14(15)18;/h2-3,7,10-13H,4-6,9H2;/q-1;. The monoisotopic (exact) mass is 476 g/mol. The molecule has 5 rings (SSSR count). The molecule has 2 aliphatic rings. The van der Waals surface area contributed by atoms with Crippen LogP contribution in [-0.4, -0.2) is 4.98 Å². The maximum Gasteiger partial charge on any atom is 0.154 e. The molecule has 115 valence electrons. The molecule has 0 amide bonds. The predicted molar refractivity (Wildman–Crippen MR) is 88.3 cm³/mol. The van der Waals surface area contributed by atoms with Gasteiger partial charge >= 0.3 is 0 Å². The molecule has 2 atom stereocenters. The molecule has 2 aliphatic carbocycles. The van der Waals surface area contributed by atoms with Crippen molar-refractivity contribution in [3.63, 3.8) is 0 Å². The van der Waals surface area contributed by atoms with Gasteiger partial charge in [0.15, 0.2) is 5.69 Å². The Kier molecular flexibility index (Phi) is 3.48. The number of fused-ring (bicyclic) bond motifs is 9. The second-order valence-corrected chi connectivity index (χ2v) is 6.55. The van der Waals surface area contributed by atoms with Gasteiger partial charge in [-0.15, -0.1) is 35.0 Å². The number of rotatable bonds is 0. The van der Waals surface area contributed by atoms with E-state index in [1.165, 1.54) is 42.2 Å². The van der Waals surface area contributed by atoms with Crippen LogP contribution in [0.5, 0.6) is 0 Å². The summed E-state index contributed by atoms with van der Waals surface area (Å²) in [5, 5.41) is 3.17. The molecule has 3 heteroatoms. The molecule has 3 aromatic rings. The van der Waals surface area contributed by atoms with Gasteiger partial charge in [0.1, 0.15) is 0 Å². The summed E-state index contributed by atoms with van der Waals surface area (Å²) in [6, 6.07) is 11.3. The first kappa shape index (κ1) is 14.8. The molecule has 0 saturated heterocycles. The number of benzene rings is 2.